The Labute approximate surface area is 206 Å². The van der Waals surface area contributed by atoms with Crippen LogP contribution in [0.15, 0.2) is 60.0 Å². The summed E-state index contributed by atoms with van der Waals surface area (Å²) in [4.78, 5) is 21.4. The summed E-state index contributed by atoms with van der Waals surface area (Å²) < 4.78 is 70.0. The molecule has 9 nitrogen and oxygen atoms in total. The van der Waals surface area contributed by atoms with E-state index in [2.05, 4.69) is 16.6 Å². The molecule has 1 aliphatic rings. The minimum absolute atomic E-state index is 0.0314. The number of rotatable bonds is 9. The van der Waals surface area contributed by atoms with Gasteiger partial charge in [-0.15, -0.1) is 6.58 Å². The lowest BCUT2D eigenvalue weighted by atomic mass is 9.95. The van der Waals surface area contributed by atoms with E-state index in [1.165, 1.54) is 32.4 Å². The Hall–Kier alpha value is -3.74. The Kier molecular flexibility index (Phi) is 8.97. The summed E-state index contributed by atoms with van der Waals surface area (Å²) >= 11 is 0. The monoisotopic (exact) mass is 530 g/mol. The molecule has 3 N–H and O–H groups in total. The molecule has 196 valence electrons. The molecule has 0 spiro atoms. The molecule has 13 heteroatoms. The van der Waals surface area contributed by atoms with E-state index >= 15 is 0 Å². The van der Waals surface area contributed by atoms with Gasteiger partial charge in [-0.05, 0) is 42.7 Å². The molecule has 36 heavy (non-hydrogen) atoms. The maximum absolute atomic E-state index is 12.7. The lowest BCUT2D eigenvalue weighted by molar-refractivity contribution is -0.192. The topological polar surface area (TPSA) is 131 Å². The van der Waals surface area contributed by atoms with Crippen LogP contribution in [0, 0.1) is 0 Å². The first kappa shape index (κ1) is 28.5. The summed E-state index contributed by atoms with van der Waals surface area (Å²) in [6.45, 7) is 4.02. The minimum Gasteiger partial charge on any atom is -0.493 e. The number of aliphatic carboxylic acids is 1. The van der Waals surface area contributed by atoms with Gasteiger partial charge in [0.15, 0.2) is 11.5 Å². The molecule has 1 fully saturated rings. The van der Waals surface area contributed by atoms with Crippen molar-refractivity contribution in [1.82, 2.24) is 5.32 Å². The molecule has 3 rings (SSSR count). The third-order valence-corrected chi connectivity index (χ3v) is 6.57. The average molecular weight is 531 g/mol. The first-order valence-corrected chi connectivity index (χ1v) is 11.8. The van der Waals surface area contributed by atoms with E-state index in [9.17, 15) is 26.4 Å². The molecule has 2 aromatic carbocycles. The van der Waals surface area contributed by atoms with Crippen molar-refractivity contribution in [1.29, 1.82) is 0 Å². The molecule has 0 saturated heterocycles. The number of benzene rings is 2. The summed E-state index contributed by atoms with van der Waals surface area (Å²) in [5, 5.41) is 9.96. The van der Waals surface area contributed by atoms with Gasteiger partial charge in [-0.3, -0.25) is 9.52 Å². The fourth-order valence-corrected chi connectivity index (χ4v) is 4.23. The Balaban J connectivity index is 0.000000572. The Morgan fingerprint density at radius 3 is 2.08 bits per heavy atom. The first-order valence-electron chi connectivity index (χ1n) is 10.4. The van der Waals surface area contributed by atoms with Crippen LogP contribution in [0.4, 0.5) is 18.9 Å². The van der Waals surface area contributed by atoms with Gasteiger partial charge in [-0.2, -0.15) is 13.2 Å². The molecule has 0 bridgehead atoms. The molecule has 0 aliphatic heterocycles. The van der Waals surface area contributed by atoms with Crippen molar-refractivity contribution in [3.05, 3.63) is 60.7 Å². The zero-order chi connectivity index (χ0) is 27.1. The third kappa shape index (κ3) is 6.90. The number of amides is 1. The van der Waals surface area contributed by atoms with Crippen molar-refractivity contribution >= 4 is 27.6 Å². The van der Waals surface area contributed by atoms with Crippen LogP contribution < -0.4 is 19.5 Å². The van der Waals surface area contributed by atoms with E-state index in [-0.39, 0.29) is 10.8 Å². The fourth-order valence-electron chi connectivity index (χ4n) is 3.16. The lowest BCUT2D eigenvalue weighted by Crippen LogP contribution is -2.34. The van der Waals surface area contributed by atoms with Gasteiger partial charge in [0.2, 0.25) is 5.91 Å². The number of carbonyl (C=O) groups is 2. The number of alkyl halides is 3. The van der Waals surface area contributed by atoms with Crippen LogP contribution in [0.1, 0.15) is 18.4 Å². The predicted molar refractivity (Wildman–Crippen MR) is 125 cm³/mol. The number of ether oxygens (including phenoxy) is 2. The van der Waals surface area contributed by atoms with Crippen LogP contribution in [0.5, 0.6) is 11.5 Å². The number of halogens is 3. The maximum Gasteiger partial charge on any atom is 0.490 e. The molecule has 0 radical (unpaired) electrons. The van der Waals surface area contributed by atoms with Gasteiger partial charge in [0.25, 0.3) is 10.0 Å². The van der Waals surface area contributed by atoms with E-state index < -0.39 is 27.6 Å². The molecular formula is C23H25F3N2O7S. The highest BCUT2D eigenvalue weighted by Crippen LogP contribution is 2.48. The molecule has 0 heterocycles. The van der Waals surface area contributed by atoms with Gasteiger partial charge < -0.3 is 19.9 Å². The van der Waals surface area contributed by atoms with E-state index in [0.717, 1.165) is 18.4 Å². The van der Waals surface area contributed by atoms with E-state index in [4.69, 9.17) is 19.4 Å². The highest BCUT2D eigenvalue weighted by molar-refractivity contribution is 7.92. The summed E-state index contributed by atoms with van der Waals surface area (Å²) in [5.41, 5.74) is 0.753. The van der Waals surface area contributed by atoms with E-state index in [1.807, 2.05) is 0 Å². The van der Waals surface area contributed by atoms with Gasteiger partial charge in [0, 0.05) is 18.3 Å². The van der Waals surface area contributed by atoms with Crippen molar-refractivity contribution in [2.45, 2.75) is 29.3 Å². The van der Waals surface area contributed by atoms with Crippen molar-refractivity contribution in [2.24, 2.45) is 0 Å². The second kappa shape index (κ2) is 11.3. The number of anilines is 1. The molecule has 0 aromatic heterocycles. The zero-order valence-electron chi connectivity index (χ0n) is 19.4. The molecule has 1 amide bonds. The second-order valence-corrected chi connectivity index (χ2v) is 9.27. The van der Waals surface area contributed by atoms with Crippen molar-refractivity contribution in [2.75, 3.05) is 25.5 Å². The van der Waals surface area contributed by atoms with Gasteiger partial charge in [0.1, 0.15) is 0 Å². The van der Waals surface area contributed by atoms with Gasteiger partial charge in [-0.1, -0.05) is 18.2 Å². The van der Waals surface area contributed by atoms with E-state index in [0.29, 0.717) is 23.7 Å². The normalized spacial score (nSPS) is 13.9. The predicted octanol–water partition coefficient (Wildman–Crippen LogP) is 3.47. The van der Waals surface area contributed by atoms with Crippen molar-refractivity contribution in [3.63, 3.8) is 0 Å². The summed E-state index contributed by atoms with van der Waals surface area (Å²) in [5.74, 6) is -2.02. The zero-order valence-corrected chi connectivity index (χ0v) is 20.2. The second-order valence-electron chi connectivity index (χ2n) is 7.58. The summed E-state index contributed by atoms with van der Waals surface area (Å²) in [7, 11) is -0.882. The number of nitrogens with one attached hydrogen (secondary N) is 2. The molecule has 2 aromatic rings. The maximum atomic E-state index is 12.7. The summed E-state index contributed by atoms with van der Waals surface area (Å²) in [6.07, 6.45) is -1.90. The van der Waals surface area contributed by atoms with Crippen LogP contribution in [0.2, 0.25) is 0 Å². The summed E-state index contributed by atoms with van der Waals surface area (Å²) in [6, 6.07) is 11.3. The third-order valence-electron chi connectivity index (χ3n) is 5.19. The number of carboxylic acid groups (broad SMARTS) is 1. The van der Waals surface area contributed by atoms with Crippen LogP contribution in [0.3, 0.4) is 0 Å². The largest absolute Gasteiger partial charge is 0.493 e. The SMILES string of the molecule is C=CCNC(=O)C1(c2ccc(NS(=O)(=O)c3ccc(OC)c(OC)c3)cc2)CC1.O=C(O)C(F)(F)F. The molecular weight excluding hydrogens is 505 g/mol. The number of carboxylic acids is 1. The fraction of sp³-hybridized carbons (Fsp3) is 0.304. The van der Waals surface area contributed by atoms with Crippen molar-refractivity contribution in [3.8, 4) is 11.5 Å². The van der Waals surface area contributed by atoms with Crippen molar-refractivity contribution < 1.29 is 45.8 Å². The number of carbonyl (C=O) groups excluding carboxylic acids is 1. The van der Waals surface area contributed by atoms with Crippen LogP contribution in [-0.4, -0.2) is 52.3 Å². The van der Waals surface area contributed by atoms with Gasteiger partial charge >= 0.3 is 12.1 Å². The van der Waals surface area contributed by atoms with Crippen LogP contribution >= 0.6 is 0 Å². The highest BCUT2D eigenvalue weighted by Gasteiger charge is 2.51. The first-order chi connectivity index (χ1) is 16.8. The molecule has 0 atom stereocenters. The lowest BCUT2D eigenvalue weighted by Gasteiger charge is -2.16. The molecule has 1 saturated carbocycles. The smallest absolute Gasteiger partial charge is 0.490 e. The minimum atomic E-state index is -5.08. The quantitative estimate of drug-likeness (QED) is 0.423. The number of methoxy groups -OCH3 is 2. The number of hydrogen-bond donors (Lipinski definition) is 3. The Morgan fingerprint density at radius 2 is 1.64 bits per heavy atom. The average Bonchev–Trinajstić information content (AvgIpc) is 3.64. The number of sulfonamides is 1. The standard InChI is InChI=1S/C21H24N2O5S.C2HF3O2/c1-4-13-22-20(24)21(11-12-21)15-5-7-16(8-6-15)23-29(25,26)17-9-10-18(27-2)19(14-17)28-3;3-2(4,5)1(6)7/h4-10,14,23H,1,11-13H2,2-3H3,(H,22,24);(H,6,7). The number of hydrogen-bond acceptors (Lipinski definition) is 6. The molecule has 0 unspecified atom stereocenters. The molecule has 1 aliphatic carbocycles. The Morgan fingerprint density at radius 1 is 1.08 bits per heavy atom. The Bertz CT molecular complexity index is 1210. The van der Waals surface area contributed by atoms with E-state index in [1.54, 1.807) is 30.3 Å². The van der Waals surface area contributed by atoms with Crippen LogP contribution in [-0.2, 0) is 25.0 Å². The van der Waals surface area contributed by atoms with Gasteiger partial charge in [0.05, 0.1) is 24.5 Å². The highest BCUT2D eigenvalue weighted by atomic mass is 32.2. The van der Waals surface area contributed by atoms with Gasteiger partial charge in [-0.25, -0.2) is 13.2 Å². The van der Waals surface area contributed by atoms with Crippen LogP contribution in [0.25, 0.3) is 0 Å².